The first-order chi connectivity index (χ1) is 12.7. The van der Waals surface area contributed by atoms with Crippen LogP contribution in [0.5, 0.6) is 0 Å². The second-order valence-electron chi connectivity index (χ2n) is 6.79. The van der Waals surface area contributed by atoms with E-state index in [1.807, 2.05) is 0 Å². The molecule has 0 spiro atoms. The molecule has 26 heavy (non-hydrogen) atoms. The van der Waals surface area contributed by atoms with Crippen LogP contribution in [-0.4, -0.2) is 6.54 Å². The molecule has 0 unspecified atom stereocenters. The van der Waals surface area contributed by atoms with E-state index in [-0.39, 0.29) is 0 Å². The van der Waals surface area contributed by atoms with E-state index < -0.39 is 0 Å². The van der Waals surface area contributed by atoms with Gasteiger partial charge in [-0.25, -0.2) is 0 Å². The minimum Gasteiger partial charge on any atom is -0.344 e. The molecule has 0 N–H and O–H groups in total. The van der Waals surface area contributed by atoms with Crippen molar-refractivity contribution in [2.45, 2.75) is 13.8 Å². The Bertz CT molecular complexity index is 947. The maximum Gasteiger partial charge on any atom is 0.210 e. The fourth-order valence-electron chi connectivity index (χ4n) is 3.15. The zero-order valence-corrected chi connectivity index (χ0v) is 15.3. The molecule has 1 aliphatic rings. The number of aromatic nitrogens is 1. The molecule has 0 radical (unpaired) electrons. The van der Waals surface area contributed by atoms with Gasteiger partial charge >= 0.3 is 0 Å². The van der Waals surface area contributed by atoms with Crippen molar-refractivity contribution in [2.24, 2.45) is 0 Å². The van der Waals surface area contributed by atoms with E-state index in [9.17, 15) is 0 Å². The van der Waals surface area contributed by atoms with Gasteiger partial charge in [-0.1, -0.05) is 41.5 Å². The molecule has 2 nitrogen and oxygen atoms in total. The molecule has 0 fully saturated rings. The Balaban J connectivity index is 1.49. The third-order valence-electron chi connectivity index (χ3n) is 4.80. The number of pyridine rings is 1. The minimum absolute atomic E-state index is 0.891. The summed E-state index contributed by atoms with van der Waals surface area (Å²) in [6.07, 6.45) is 10.9. The van der Waals surface area contributed by atoms with Crippen LogP contribution in [0.15, 0.2) is 91.4 Å². The van der Waals surface area contributed by atoms with E-state index in [1.54, 1.807) is 0 Å². The molecule has 0 bridgehead atoms. The van der Waals surface area contributed by atoms with E-state index in [0.717, 1.165) is 6.54 Å². The molecule has 1 aliphatic heterocycles. The monoisotopic (exact) mass is 339 g/mol. The van der Waals surface area contributed by atoms with Crippen LogP contribution < -0.4 is 9.47 Å². The molecule has 128 valence electrons. The van der Waals surface area contributed by atoms with Gasteiger partial charge in [0, 0.05) is 42.7 Å². The Morgan fingerprint density at radius 1 is 0.769 bits per heavy atom. The topological polar surface area (TPSA) is 7.12 Å². The largest absolute Gasteiger partial charge is 0.344 e. The van der Waals surface area contributed by atoms with Crippen LogP contribution >= 0.6 is 0 Å². The minimum atomic E-state index is 0.891. The highest BCUT2D eigenvalue weighted by molar-refractivity contribution is 5.76. The third-order valence-corrected chi connectivity index (χ3v) is 4.80. The van der Waals surface area contributed by atoms with Gasteiger partial charge in [0.05, 0.1) is 0 Å². The lowest BCUT2D eigenvalue weighted by atomic mass is 10.0. The van der Waals surface area contributed by atoms with E-state index in [4.69, 9.17) is 0 Å². The summed E-state index contributed by atoms with van der Waals surface area (Å²) < 4.78 is 2.15. The second-order valence-corrected chi connectivity index (χ2v) is 6.79. The normalized spacial score (nSPS) is 13.6. The van der Waals surface area contributed by atoms with E-state index >= 15 is 0 Å². The van der Waals surface area contributed by atoms with Gasteiger partial charge in [0.15, 0.2) is 12.4 Å². The number of aryl methyl sites for hydroxylation is 2. The summed E-state index contributed by atoms with van der Waals surface area (Å²) in [5, 5.41) is 0. The van der Waals surface area contributed by atoms with Gasteiger partial charge in [-0.05, 0) is 43.2 Å². The Morgan fingerprint density at radius 2 is 1.38 bits per heavy atom. The molecular weight excluding hydrogens is 316 g/mol. The number of hydrogen-bond acceptors (Lipinski definition) is 1. The number of allylic oxidation sites excluding steroid dienone is 2. The van der Waals surface area contributed by atoms with Crippen LogP contribution in [-0.2, 0) is 0 Å². The maximum atomic E-state index is 2.28. The van der Waals surface area contributed by atoms with Crippen molar-refractivity contribution in [2.75, 3.05) is 11.4 Å². The quantitative estimate of drug-likeness (QED) is 0.609. The van der Waals surface area contributed by atoms with Crippen LogP contribution in [0.25, 0.3) is 11.3 Å². The van der Waals surface area contributed by atoms with Crippen molar-refractivity contribution in [3.05, 3.63) is 108 Å². The van der Waals surface area contributed by atoms with Crippen molar-refractivity contribution in [1.29, 1.82) is 0 Å². The van der Waals surface area contributed by atoms with Crippen LogP contribution in [0.3, 0.4) is 0 Å². The van der Waals surface area contributed by atoms with E-state index in [1.165, 1.54) is 33.6 Å². The number of rotatable bonds is 3. The first-order valence-electron chi connectivity index (χ1n) is 8.99. The maximum absolute atomic E-state index is 2.28. The molecule has 2 heteroatoms. The number of anilines is 1. The number of benzene rings is 2. The second kappa shape index (κ2) is 7.01. The predicted octanol–water partition coefficient (Wildman–Crippen LogP) is 5.00. The van der Waals surface area contributed by atoms with Crippen molar-refractivity contribution < 1.29 is 4.57 Å². The van der Waals surface area contributed by atoms with Gasteiger partial charge in [0.1, 0.15) is 0 Å². The summed E-state index contributed by atoms with van der Waals surface area (Å²) >= 11 is 0. The third kappa shape index (κ3) is 3.45. The molecule has 3 aromatic rings. The zero-order valence-electron chi connectivity index (χ0n) is 15.3. The van der Waals surface area contributed by atoms with Crippen molar-refractivity contribution >= 4 is 11.3 Å². The van der Waals surface area contributed by atoms with Gasteiger partial charge in [0.2, 0.25) is 5.69 Å². The molecule has 0 aliphatic carbocycles. The summed E-state index contributed by atoms with van der Waals surface area (Å²) in [6, 6.07) is 21.6. The molecular formula is C24H23N2+. The Hall–Kier alpha value is -3.13. The molecule has 2 aromatic carbocycles. The molecule has 1 aromatic heterocycles. The fourth-order valence-corrected chi connectivity index (χ4v) is 3.15. The van der Waals surface area contributed by atoms with Gasteiger partial charge in [-0.2, -0.15) is 4.57 Å². The van der Waals surface area contributed by atoms with Crippen molar-refractivity contribution in [3.8, 4) is 5.69 Å². The molecule has 4 rings (SSSR count). The Labute approximate surface area is 155 Å². The average molecular weight is 339 g/mol. The summed E-state index contributed by atoms with van der Waals surface area (Å²) in [6.45, 7) is 5.12. The molecule has 2 heterocycles. The first-order valence-corrected chi connectivity index (χ1v) is 8.99. The van der Waals surface area contributed by atoms with Gasteiger partial charge in [0.25, 0.3) is 0 Å². The van der Waals surface area contributed by atoms with Crippen molar-refractivity contribution in [1.82, 2.24) is 0 Å². The van der Waals surface area contributed by atoms with Crippen LogP contribution in [0, 0.1) is 13.8 Å². The molecule has 0 saturated heterocycles. The predicted molar refractivity (Wildman–Crippen MR) is 108 cm³/mol. The highest BCUT2D eigenvalue weighted by atomic mass is 15.1. The lowest BCUT2D eigenvalue weighted by molar-refractivity contribution is -0.595. The standard InChI is InChI=1S/C24H23N2/c1-19-3-7-23(8-4-19)25-15-11-21(12-16-25)22-13-17-26(18-14-22)24-9-5-20(2)6-10-24/h3-17H,18H2,1-2H3/q+1. The van der Waals surface area contributed by atoms with E-state index in [2.05, 4.69) is 115 Å². The Kier molecular flexibility index (Phi) is 4.40. The first kappa shape index (κ1) is 16.3. The smallest absolute Gasteiger partial charge is 0.210 e. The van der Waals surface area contributed by atoms with Crippen LogP contribution in [0.2, 0.25) is 0 Å². The van der Waals surface area contributed by atoms with Gasteiger partial charge < -0.3 is 4.90 Å². The summed E-state index contributed by atoms with van der Waals surface area (Å²) in [5.41, 5.74) is 7.49. The highest BCUT2D eigenvalue weighted by Crippen LogP contribution is 2.23. The molecule has 0 atom stereocenters. The lowest BCUT2D eigenvalue weighted by Crippen LogP contribution is -2.29. The number of hydrogen-bond donors (Lipinski definition) is 0. The lowest BCUT2D eigenvalue weighted by Gasteiger charge is -2.23. The van der Waals surface area contributed by atoms with E-state index in [0.29, 0.717) is 0 Å². The summed E-state index contributed by atoms with van der Waals surface area (Å²) in [4.78, 5) is 2.26. The average Bonchev–Trinajstić information content (AvgIpc) is 2.70. The highest BCUT2D eigenvalue weighted by Gasteiger charge is 2.10. The SMILES string of the molecule is Cc1ccc(N2C=CC(c3cc[n+](-c4ccc(C)cc4)cc3)=CC2)cc1. The van der Waals surface area contributed by atoms with Crippen LogP contribution in [0.4, 0.5) is 5.69 Å². The van der Waals surface area contributed by atoms with Crippen LogP contribution in [0.1, 0.15) is 16.7 Å². The summed E-state index contributed by atoms with van der Waals surface area (Å²) in [5.74, 6) is 0. The van der Waals surface area contributed by atoms with Gasteiger partial charge in [-0.15, -0.1) is 0 Å². The summed E-state index contributed by atoms with van der Waals surface area (Å²) in [7, 11) is 0. The van der Waals surface area contributed by atoms with Crippen molar-refractivity contribution in [3.63, 3.8) is 0 Å². The van der Waals surface area contributed by atoms with Gasteiger partial charge in [-0.3, -0.25) is 0 Å². The molecule has 0 saturated carbocycles. The zero-order chi connectivity index (χ0) is 17.9. The fraction of sp³-hybridized carbons (Fsp3) is 0.125. The Morgan fingerprint density at radius 3 is 1.96 bits per heavy atom. The molecule has 0 amide bonds. The number of nitrogens with zero attached hydrogens (tertiary/aromatic N) is 2.